The summed E-state index contributed by atoms with van der Waals surface area (Å²) in [5.41, 5.74) is 0. The topological polar surface area (TPSA) is 12.5 Å². The summed E-state index contributed by atoms with van der Waals surface area (Å²) >= 11 is 6.03. The van der Waals surface area contributed by atoms with Crippen LogP contribution in [0.2, 0.25) is 0 Å². The average Bonchev–Trinajstić information content (AvgIpc) is 2.53. The quantitative estimate of drug-likeness (QED) is 0.506. The Labute approximate surface area is 105 Å². The number of nitrogens with zero attached hydrogens (tertiary/aromatic N) is 1. The maximum atomic E-state index is 6.03. The van der Waals surface area contributed by atoms with Crippen LogP contribution >= 0.6 is 11.6 Å². The van der Waals surface area contributed by atoms with Crippen molar-refractivity contribution in [3.05, 3.63) is 0 Å². The molecule has 1 heterocycles. The highest BCUT2D eigenvalue weighted by molar-refractivity contribution is 6.18. The molecule has 1 rings (SSSR count). The van der Waals surface area contributed by atoms with Crippen LogP contribution in [-0.2, 0) is 4.74 Å². The van der Waals surface area contributed by atoms with Crippen LogP contribution in [0.4, 0.5) is 0 Å². The molecule has 0 spiro atoms. The van der Waals surface area contributed by atoms with E-state index < -0.39 is 0 Å². The molecule has 0 N–H and O–H groups in total. The molecule has 0 aromatic rings. The van der Waals surface area contributed by atoms with Crippen LogP contribution in [0, 0.1) is 0 Å². The van der Waals surface area contributed by atoms with Crippen molar-refractivity contribution < 1.29 is 4.74 Å². The van der Waals surface area contributed by atoms with Gasteiger partial charge in [0.2, 0.25) is 0 Å². The van der Waals surface area contributed by atoms with Gasteiger partial charge in [0.05, 0.1) is 6.61 Å². The standard InChI is InChI=1S/C13H26ClNO/c1-2-3-10-16-11-9-15-8-6-4-5-7-13(15)12-14/h13H,2-12H2,1H3. The average molecular weight is 248 g/mol. The molecule has 0 aliphatic carbocycles. The van der Waals surface area contributed by atoms with Crippen molar-refractivity contribution in [1.29, 1.82) is 0 Å². The molecule has 0 aromatic carbocycles. The van der Waals surface area contributed by atoms with Crippen molar-refractivity contribution in [1.82, 2.24) is 4.90 Å². The van der Waals surface area contributed by atoms with Crippen LogP contribution in [-0.4, -0.2) is 43.1 Å². The number of alkyl halides is 1. The lowest BCUT2D eigenvalue weighted by atomic mass is 10.1. The van der Waals surface area contributed by atoms with Gasteiger partial charge in [0.25, 0.3) is 0 Å². The molecular weight excluding hydrogens is 222 g/mol. The highest BCUT2D eigenvalue weighted by Crippen LogP contribution is 2.17. The molecule has 0 aromatic heterocycles. The first-order valence-corrected chi connectivity index (χ1v) is 7.29. The fraction of sp³-hybridized carbons (Fsp3) is 1.00. The third-order valence-electron chi connectivity index (χ3n) is 3.34. The maximum Gasteiger partial charge on any atom is 0.0593 e. The Morgan fingerprint density at radius 1 is 1.25 bits per heavy atom. The summed E-state index contributed by atoms with van der Waals surface area (Å²) in [6.45, 7) is 6.24. The SMILES string of the molecule is CCCCOCCN1CCCCCC1CCl. The minimum absolute atomic E-state index is 0.582. The predicted molar refractivity (Wildman–Crippen MR) is 70.3 cm³/mol. The molecule has 96 valence electrons. The second-order valence-electron chi connectivity index (χ2n) is 4.66. The van der Waals surface area contributed by atoms with Gasteiger partial charge in [0, 0.05) is 25.1 Å². The summed E-state index contributed by atoms with van der Waals surface area (Å²) < 4.78 is 5.63. The molecule has 1 aliphatic heterocycles. The lowest BCUT2D eigenvalue weighted by molar-refractivity contribution is 0.0897. The molecule has 0 amide bonds. The Morgan fingerprint density at radius 3 is 2.88 bits per heavy atom. The van der Waals surface area contributed by atoms with Crippen molar-refractivity contribution in [3.8, 4) is 0 Å². The highest BCUT2D eigenvalue weighted by Gasteiger charge is 2.19. The van der Waals surface area contributed by atoms with Crippen LogP contribution in [0.5, 0.6) is 0 Å². The zero-order chi connectivity index (χ0) is 11.6. The Bertz CT molecular complexity index is 166. The number of hydrogen-bond acceptors (Lipinski definition) is 2. The van der Waals surface area contributed by atoms with Crippen molar-refractivity contribution in [3.63, 3.8) is 0 Å². The molecule has 0 radical (unpaired) electrons. The third-order valence-corrected chi connectivity index (χ3v) is 3.70. The van der Waals surface area contributed by atoms with Crippen molar-refractivity contribution >= 4 is 11.6 Å². The first kappa shape index (κ1) is 14.3. The maximum absolute atomic E-state index is 6.03. The van der Waals surface area contributed by atoms with Gasteiger partial charge in [-0.3, -0.25) is 4.90 Å². The first-order chi connectivity index (χ1) is 7.88. The molecule has 0 saturated carbocycles. The molecule has 2 nitrogen and oxygen atoms in total. The Balaban J connectivity index is 2.15. The zero-order valence-electron chi connectivity index (χ0n) is 10.6. The normalized spacial score (nSPS) is 23.2. The Kier molecular flexibility index (Phi) is 8.26. The van der Waals surface area contributed by atoms with Gasteiger partial charge in [0.15, 0.2) is 0 Å². The summed E-state index contributed by atoms with van der Waals surface area (Å²) in [5.74, 6) is 0.773. The second kappa shape index (κ2) is 9.26. The molecular formula is C13H26ClNO. The summed E-state index contributed by atoms with van der Waals surface area (Å²) in [6.07, 6.45) is 7.68. The van der Waals surface area contributed by atoms with E-state index in [2.05, 4.69) is 11.8 Å². The van der Waals surface area contributed by atoms with Crippen LogP contribution in [0.3, 0.4) is 0 Å². The molecule has 0 bridgehead atoms. The number of unbranched alkanes of at least 4 members (excludes halogenated alkanes) is 1. The molecule has 3 heteroatoms. The summed E-state index contributed by atoms with van der Waals surface area (Å²) in [6, 6.07) is 0.582. The van der Waals surface area contributed by atoms with E-state index in [4.69, 9.17) is 16.3 Å². The van der Waals surface area contributed by atoms with Gasteiger partial charge in [-0.2, -0.15) is 0 Å². The van der Waals surface area contributed by atoms with Gasteiger partial charge in [-0.1, -0.05) is 26.2 Å². The van der Waals surface area contributed by atoms with E-state index in [9.17, 15) is 0 Å². The van der Waals surface area contributed by atoms with Crippen LogP contribution in [0.15, 0.2) is 0 Å². The number of ether oxygens (including phenoxy) is 1. The molecule has 1 aliphatic rings. The van der Waals surface area contributed by atoms with Crippen molar-refractivity contribution in [2.75, 3.05) is 32.2 Å². The van der Waals surface area contributed by atoms with E-state index in [1.165, 1.54) is 45.1 Å². The van der Waals surface area contributed by atoms with Crippen LogP contribution < -0.4 is 0 Å². The monoisotopic (exact) mass is 247 g/mol. The number of halogens is 1. The molecule has 16 heavy (non-hydrogen) atoms. The smallest absolute Gasteiger partial charge is 0.0593 e. The van der Waals surface area contributed by atoms with Gasteiger partial charge in [-0.25, -0.2) is 0 Å². The van der Waals surface area contributed by atoms with E-state index in [0.717, 1.165) is 25.6 Å². The fourth-order valence-electron chi connectivity index (χ4n) is 2.24. The number of rotatable bonds is 7. The molecule has 1 unspecified atom stereocenters. The summed E-state index contributed by atoms with van der Waals surface area (Å²) in [4.78, 5) is 2.52. The van der Waals surface area contributed by atoms with Crippen LogP contribution in [0.25, 0.3) is 0 Å². The molecule has 1 fully saturated rings. The predicted octanol–water partition coefficient (Wildman–Crippen LogP) is 3.29. The van der Waals surface area contributed by atoms with Gasteiger partial charge in [-0.05, 0) is 25.8 Å². The van der Waals surface area contributed by atoms with E-state index in [1.54, 1.807) is 0 Å². The second-order valence-corrected chi connectivity index (χ2v) is 4.97. The van der Waals surface area contributed by atoms with Gasteiger partial charge in [0.1, 0.15) is 0 Å². The van der Waals surface area contributed by atoms with E-state index in [1.807, 2.05) is 0 Å². The van der Waals surface area contributed by atoms with Gasteiger partial charge >= 0.3 is 0 Å². The molecule has 1 atom stereocenters. The highest BCUT2D eigenvalue weighted by atomic mass is 35.5. The molecule has 1 saturated heterocycles. The zero-order valence-corrected chi connectivity index (χ0v) is 11.3. The number of likely N-dealkylation sites (tertiary alicyclic amines) is 1. The van der Waals surface area contributed by atoms with Crippen molar-refractivity contribution in [2.24, 2.45) is 0 Å². The van der Waals surface area contributed by atoms with Gasteiger partial charge in [-0.15, -0.1) is 11.6 Å². The Morgan fingerprint density at radius 2 is 2.12 bits per heavy atom. The largest absolute Gasteiger partial charge is 0.380 e. The van der Waals surface area contributed by atoms with Crippen LogP contribution in [0.1, 0.15) is 45.4 Å². The Hall–Kier alpha value is 0.210. The lowest BCUT2D eigenvalue weighted by Crippen LogP contribution is -2.38. The lowest BCUT2D eigenvalue weighted by Gasteiger charge is -2.28. The van der Waals surface area contributed by atoms with E-state index in [0.29, 0.717) is 6.04 Å². The first-order valence-electron chi connectivity index (χ1n) is 6.76. The summed E-state index contributed by atoms with van der Waals surface area (Å²) in [7, 11) is 0. The minimum Gasteiger partial charge on any atom is -0.380 e. The van der Waals surface area contributed by atoms with Crippen molar-refractivity contribution in [2.45, 2.75) is 51.5 Å². The number of hydrogen-bond donors (Lipinski definition) is 0. The fourth-order valence-corrected chi connectivity index (χ4v) is 2.59. The van der Waals surface area contributed by atoms with Gasteiger partial charge < -0.3 is 4.74 Å². The third kappa shape index (κ3) is 5.51. The minimum atomic E-state index is 0.582. The van der Waals surface area contributed by atoms with E-state index >= 15 is 0 Å². The summed E-state index contributed by atoms with van der Waals surface area (Å²) in [5, 5.41) is 0. The van der Waals surface area contributed by atoms with E-state index in [-0.39, 0.29) is 0 Å².